The number of benzene rings is 1. The van der Waals surface area contributed by atoms with Crippen molar-refractivity contribution in [3.8, 4) is 5.75 Å². The van der Waals surface area contributed by atoms with Gasteiger partial charge in [-0.15, -0.1) is 0 Å². The Morgan fingerprint density at radius 3 is 2.72 bits per heavy atom. The Balaban J connectivity index is 1.70. The molecule has 6 heteroatoms. The number of nitrogens with zero attached hydrogens (tertiary/aromatic N) is 3. The van der Waals surface area contributed by atoms with Crippen LogP contribution in [-0.2, 0) is 6.54 Å². The van der Waals surface area contributed by atoms with E-state index in [0.29, 0.717) is 12.5 Å². The minimum absolute atomic E-state index is 0.0434. The van der Waals surface area contributed by atoms with Gasteiger partial charge in [-0.3, -0.25) is 9.67 Å². The largest absolute Gasteiger partial charge is 0.489 e. The van der Waals surface area contributed by atoms with E-state index >= 15 is 0 Å². The molecule has 0 radical (unpaired) electrons. The molecule has 0 aliphatic heterocycles. The van der Waals surface area contributed by atoms with Crippen molar-refractivity contribution in [1.82, 2.24) is 20.4 Å². The molecule has 0 aliphatic rings. The van der Waals surface area contributed by atoms with E-state index in [9.17, 15) is 0 Å². The van der Waals surface area contributed by atoms with Crippen LogP contribution in [-0.4, -0.2) is 42.0 Å². The maximum Gasteiger partial charge on any atom is 0.191 e. The molecule has 136 valence electrons. The van der Waals surface area contributed by atoms with Gasteiger partial charge in [-0.05, 0) is 43.5 Å². The predicted octanol–water partition coefficient (Wildman–Crippen LogP) is 2.46. The molecule has 0 saturated carbocycles. The molecular formula is C19H29N5O. The lowest BCUT2D eigenvalue weighted by Gasteiger charge is -2.19. The van der Waals surface area contributed by atoms with Gasteiger partial charge in [0, 0.05) is 32.5 Å². The molecular weight excluding hydrogens is 314 g/mol. The normalized spacial score (nSPS) is 14.0. The van der Waals surface area contributed by atoms with E-state index in [4.69, 9.17) is 4.74 Å². The maximum absolute atomic E-state index is 5.93. The van der Waals surface area contributed by atoms with E-state index in [2.05, 4.69) is 40.6 Å². The molecule has 1 aromatic heterocycles. The Kier molecular flexibility index (Phi) is 7.32. The fourth-order valence-electron chi connectivity index (χ4n) is 2.49. The Morgan fingerprint density at radius 2 is 2.04 bits per heavy atom. The summed E-state index contributed by atoms with van der Waals surface area (Å²) in [5, 5.41) is 10.9. The van der Waals surface area contributed by atoms with Crippen molar-refractivity contribution in [2.24, 2.45) is 10.9 Å². The highest BCUT2D eigenvalue weighted by molar-refractivity contribution is 5.79. The maximum atomic E-state index is 5.93. The van der Waals surface area contributed by atoms with Crippen LogP contribution in [0, 0.1) is 12.8 Å². The average molecular weight is 343 g/mol. The number of ether oxygens (including phenoxy) is 1. The number of aliphatic imine (C=N–C) groups is 1. The van der Waals surface area contributed by atoms with Gasteiger partial charge in [0.25, 0.3) is 0 Å². The first kappa shape index (κ1) is 18.8. The Hall–Kier alpha value is -2.50. The number of aryl methyl sites for hydroxylation is 1. The number of guanidine groups is 1. The van der Waals surface area contributed by atoms with E-state index in [-0.39, 0.29) is 6.10 Å². The highest BCUT2D eigenvalue weighted by Crippen LogP contribution is 2.13. The standard InChI is InChI=1S/C19H29N5O/c1-15-7-5-8-18(11-15)25-17(3)13-22-19(20-4)21-12-16(2)14-24-10-6-9-23-24/h5-11,16-17H,12-14H2,1-4H3,(H2,20,21,22). The minimum Gasteiger partial charge on any atom is -0.489 e. The second-order valence-electron chi connectivity index (χ2n) is 6.41. The predicted molar refractivity (Wildman–Crippen MR) is 102 cm³/mol. The van der Waals surface area contributed by atoms with Gasteiger partial charge in [-0.1, -0.05) is 19.1 Å². The van der Waals surface area contributed by atoms with E-state index in [1.807, 2.05) is 42.1 Å². The lowest BCUT2D eigenvalue weighted by molar-refractivity contribution is 0.223. The van der Waals surface area contributed by atoms with Crippen molar-refractivity contribution in [2.75, 3.05) is 20.1 Å². The van der Waals surface area contributed by atoms with Crippen LogP contribution in [0.5, 0.6) is 5.75 Å². The molecule has 0 aliphatic carbocycles. The number of rotatable bonds is 8. The highest BCUT2D eigenvalue weighted by atomic mass is 16.5. The van der Waals surface area contributed by atoms with E-state index in [1.165, 1.54) is 5.56 Å². The van der Waals surface area contributed by atoms with Gasteiger partial charge < -0.3 is 15.4 Å². The molecule has 0 bridgehead atoms. The lowest BCUT2D eigenvalue weighted by Crippen LogP contribution is -2.43. The van der Waals surface area contributed by atoms with Gasteiger partial charge in [-0.2, -0.15) is 5.10 Å². The molecule has 2 unspecified atom stereocenters. The molecule has 2 aromatic rings. The van der Waals surface area contributed by atoms with Crippen LogP contribution in [0.2, 0.25) is 0 Å². The Labute approximate surface area is 150 Å². The molecule has 2 atom stereocenters. The molecule has 0 fully saturated rings. The molecule has 1 heterocycles. The molecule has 1 aromatic carbocycles. The zero-order chi connectivity index (χ0) is 18.1. The van der Waals surface area contributed by atoms with Crippen LogP contribution in [0.15, 0.2) is 47.7 Å². The van der Waals surface area contributed by atoms with Crippen molar-refractivity contribution >= 4 is 5.96 Å². The minimum atomic E-state index is 0.0434. The molecule has 0 amide bonds. The van der Waals surface area contributed by atoms with Crippen molar-refractivity contribution in [2.45, 2.75) is 33.4 Å². The quantitative estimate of drug-likeness (QED) is 0.571. The average Bonchev–Trinajstić information content (AvgIpc) is 3.08. The third-order valence-electron chi connectivity index (χ3n) is 3.78. The number of hydrogen-bond donors (Lipinski definition) is 2. The first-order valence-electron chi connectivity index (χ1n) is 8.72. The van der Waals surface area contributed by atoms with Crippen LogP contribution in [0.4, 0.5) is 0 Å². The summed E-state index contributed by atoms with van der Waals surface area (Å²) in [6.45, 7) is 8.68. The molecule has 2 rings (SSSR count). The van der Waals surface area contributed by atoms with Crippen LogP contribution in [0.25, 0.3) is 0 Å². The SMILES string of the molecule is CN=C(NCC(C)Cn1cccn1)NCC(C)Oc1cccc(C)c1. The first-order chi connectivity index (χ1) is 12.1. The fraction of sp³-hybridized carbons (Fsp3) is 0.474. The van der Waals surface area contributed by atoms with Crippen molar-refractivity contribution < 1.29 is 4.74 Å². The summed E-state index contributed by atoms with van der Waals surface area (Å²) in [5.74, 6) is 2.12. The van der Waals surface area contributed by atoms with Crippen molar-refractivity contribution in [3.05, 3.63) is 48.3 Å². The summed E-state index contributed by atoms with van der Waals surface area (Å²) in [6, 6.07) is 10.0. The van der Waals surface area contributed by atoms with Gasteiger partial charge in [0.15, 0.2) is 5.96 Å². The van der Waals surface area contributed by atoms with Crippen LogP contribution in [0.3, 0.4) is 0 Å². The zero-order valence-corrected chi connectivity index (χ0v) is 15.6. The van der Waals surface area contributed by atoms with Gasteiger partial charge >= 0.3 is 0 Å². The number of nitrogens with one attached hydrogen (secondary N) is 2. The molecule has 6 nitrogen and oxygen atoms in total. The summed E-state index contributed by atoms with van der Waals surface area (Å²) < 4.78 is 7.87. The van der Waals surface area contributed by atoms with Crippen LogP contribution < -0.4 is 15.4 Å². The van der Waals surface area contributed by atoms with Crippen molar-refractivity contribution in [3.63, 3.8) is 0 Å². The number of aromatic nitrogens is 2. The van der Waals surface area contributed by atoms with Gasteiger partial charge in [-0.25, -0.2) is 0 Å². The number of hydrogen-bond acceptors (Lipinski definition) is 3. The van der Waals surface area contributed by atoms with E-state index < -0.39 is 0 Å². The third kappa shape index (κ3) is 6.87. The summed E-state index contributed by atoms with van der Waals surface area (Å²) >= 11 is 0. The topological polar surface area (TPSA) is 63.5 Å². The molecule has 0 saturated heterocycles. The smallest absolute Gasteiger partial charge is 0.191 e. The molecule has 0 spiro atoms. The summed E-state index contributed by atoms with van der Waals surface area (Å²) in [4.78, 5) is 4.27. The Bertz CT molecular complexity index is 654. The van der Waals surface area contributed by atoms with Crippen LogP contribution in [0.1, 0.15) is 19.4 Å². The highest BCUT2D eigenvalue weighted by Gasteiger charge is 2.08. The van der Waals surface area contributed by atoms with Crippen molar-refractivity contribution in [1.29, 1.82) is 0 Å². The Morgan fingerprint density at radius 1 is 1.24 bits per heavy atom. The summed E-state index contributed by atoms with van der Waals surface area (Å²) in [5.41, 5.74) is 1.20. The molecule has 25 heavy (non-hydrogen) atoms. The molecule has 2 N–H and O–H groups in total. The second-order valence-corrected chi connectivity index (χ2v) is 6.41. The zero-order valence-electron chi connectivity index (χ0n) is 15.6. The first-order valence-corrected chi connectivity index (χ1v) is 8.72. The fourth-order valence-corrected chi connectivity index (χ4v) is 2.49. The van der Waals surface area contributed by atoms with Gasteiger partial charge in [0.05, 0.1) is 6.54 Å². The van der Waals surface area contributed by atoms with Crippen LogP contribution >= 0.6 is 0 Å². The lowest BCUT2D eigenvalue weighted by atomic mass is 10.2. The van der Waals surface area contributed by atoms with Gasteiger partial charge in [0.1, 0.15) is 11.9 Å². The monoisotopic (exact) mass is 343 g/mol. The third-order valence-corrected chi connectivity index (χ3v) is 3.78. The van der Waals surface area contributed by atoms with E-state index in [1.54, 1.807) is 13.2 Å². The van der Waals surface area contributed by atoms with E-state index in [0.717, 1.165) is 24.8 Å². The summed E-state index contributed by atoms with van der Waals surface area (Å²) in [7, 11) is 1.78. The summed E-state index contributed by atoms with van der Waals surface area (Å²) in [6.07, 6.45) is 3.83. The second kappa shape index (κ2) is 9.71. The van der Waals surface area contributed by atoms with Gasteiger partial charge in [0.2, 0.25) is 0 Å².